The Bertz CT molecular complexity index is 476. The van der Waals surface area contributed by atoms with Crippen molar-refractivity contribution in [3.05, 3.63) is 60.7 Å². The van der Waals surface area contributed by atoms with E-state index in [9.17, 15) is 0 Å². The topological polar surface area (TPSA) is 69.9 Å². The molecule has 2 rings (SSSR count). The minimum Gasteiger partial charge on any atom is -0.508 e. The number of ether oxygens (including phenoxy) is 1. The summed E-state index contributed by atoms with van der Waals surface area (Å²) in [5, 5.41) is 25.3. The number of phenolic OH excluding ortho intramolecular Hbond substituents is 1. The molecule has 0 spiro atoms. The van der Waals surface area contributed by atoms with E-state index in [1.807, 2.05) is 36.4 Å². The summed E-state index contributed by atoms with van der Waals surface area (Å²) < 4.78 is 5.40. The van der Waals surface area contributed by atoms with Gasteiger partial charge in [-0.2, -0.15) is 0 Å². The molecule has 5 heteroatoms. The number of unbranched alkanes of at least 4 members (excludes halogenated alkanes) is 2. The number of rotatable bonds is 8. The third-order valence-electron chi connectivity index (χ3n) is 2.86. The van der Waals surface area contributed by atoms with Gasteiger partial charge in [-0.3, -0.25) is 0 Å². The second-order valence-corrected chi connectivity index (χ2v) is 5.43. The molecule has 0 fully saturated rings. The number of aliphatic hydroxyl groups is 2. The number of alkyl halides is 1. The van der Waals surface area contributed by atoms with Gasteiger partial charge in [-0.05, 0) is 49.9 Å². The van der Waals surface area contributed by atoms with Gasteiger partial charge in [-0.1, -0.05) is 36.4 Å². The van der Waals surface area contributed by atoms with Crippen molar-refractivity contribution in [1.29, 1.82) is 0 Å². The quantitative estimate of drug-likeness (QED) is 0.481. The van der Waals surface area contributed by atoms with Crippen LogP contribution in [0.3, 0.4) is 0 Å². The second-order valence-electron chi connectivity index (χ2n) is 5.05. The van der Waals surface area contributed by atoms with Crippen LogP contribution in [-0.2, 0) is 0 Å². The van der Waals surface area contributed by atoms with Crippen LogP contribution in [0.5, 0.6) is 11.5 Å². The molecule has 0 bridgehead atoms. The monoisotopic (exact) mass is 368 g/mol. The maximum atomic E-state index is 8.63. The molecule has 0 aliphatic rings. The average Bonchev–Trinajstić information content (AvgIpc) is 2.66. The molecule has 0 saturated heterocycles. The van der Waals surface area contributed by atoms with E-state index in [2.05, 4.69) is 0 Å². The van der Waals surface area contributed by atoms with Gasteiger partial charge < -0.3 is 20.1 Å². The van der Waals surface area contributed by atoms with Crippen molar-refractivity contribution < 1.29 is 20.1 Å². The zero-order valence-corrected chi connectivity index (χ0v) is 15.3. The third kappa shape index (κ3) is 16.9. The van der Waals surface area contributed by atoms with Gasteiger partial charge in [0.25, 0.3) is 0 Å². The summed E-state index contributed by atoms with van der Waals surface area (Å²) in [5.41, 5.74) is 0. The predicted octanol–water partition coefficient (Wildman–Crippen LogP) is 4.23. The summed E-state index contributed by atoms with van der Waals surface area (Å²) >= 11 is 5.27. The van der Waals surface area contributed by atoms with Gasteiger partial charge in [0.05, 0.1) is 6.61 Å². The SMILES string of the molecule is OCCCCCl.OCCCCOc1ccccc1.Oc1ccccc1. The highest BCUT2D eigenvalue weighted by Crippen LogP contribution is 2.08. The number of phenols is 1. The summed E-state index contributed by atoms with van der Waals surface area (Å²) in [7, 11) is 0. The molecule has 4 nitrogen and oxygen atoms in total. The highest BCUT2D eigenvalue weighted by atomic mass is 35.5. The van der Waals surface area contributed by atoms with Crippen LogP contribution in [0.15, 0.2) is 60.7 Å². The molecule has 0 aromatic heterocycles. The van der Waals surface area contributed by atoms with Crippen LogP contribution in [0.25, 0.3) is 0 Å². The van der Waals surface area contributed by atoms with E-state index in [0.717, 1.165) is 31.4 Å². The Kier molecular flexibility index (Phi) is 17.3. The standard InChI is InChI=1S/C10H14O2.C6H6O.C4H9ClO/c11-8-4-5-9-12-10-6-2-1-3-7-10;7-6-4-2-1-3-5-6;5-3-1-2-4-6/h1-3,6-7,11H,4-5,8-9H2;1-5,7H;6H,1-4H2. The molecular formula is C20H29ClO4. The number of hydrogen-bond acceptors (Lipinski definition) is 4. The highest BCUT2D eigenvalue weighted by molar-refractivity contribution is 6.17. The van der Waals surface area contributed by atoms with Crippen molar-refractivity contribution in [1.82, 2.24) is 0 Å². The highest BCUT2D eigenvalue weighted by Gasteiger charge is 1.90. The van der Waals surface area contributed by atoms with E-state index in [1.165, 1.54) is 0 Å². The maximum Gasteiger partial charge on any atom is 0.119 e. The van der Waals surface area contributed by atoms with Crippen molar-refractivity contribution in [3.63, 3.8) is 0 Å². The summed E-state index contributed by atoms with van der Waals surface area (Å²) in [6.45, 7) is 1.20. The first-order chi connectivity index (χ1) is 12.2. The molecule has 0 heterocycles. The largest absolute Gasteiger partial charge is 0.508 e. The van der Waals surface area contributed by atoms with E-state index in [4.69, 9.17) is 31.7 Å². The van der Waals surface area contributed by atoms with E-state index < -0.39 is 0 Å². The van der Waals surface area contributed by atoms with E-state index in [1.54, 1.807) is 24.3 Å². The molecule has 0 amide bonds. The minimum atomic E-state index is 0.248. The Hall–Kier alpha value is -1.75. The van der Waals surface area contributed by atoms with Gasteiger partial charge >= 0.3 is 0 Å². The van der Waals surface area contributed by atoms with Crippen LogP contribution in [0.4, 0.5) is 0 Å². The number of para-hydroxylation sites is 2. The Morgan fingerprint density at radius 2 is 1.24 bits per heavy atom. The first-order valence-electron chi connectivity index (χ1n) is 8.44. The van der Waals surface area contributed by atoms with Crippen LogP contribution in [0, 0.1) is 0 Å². The number of benzene rings is 2. The molecule has 2 aromatic carbocycles. The van der Waals surface area contributed by atoms with Crippen LogP contribution in [0.1, 0.15) is 25.7 Å². The molecule has 0 aliphatic heterocycles. The lowest BCUT2D eigenvalue weighted by molar-refractivity contribution is 0.253. The van der Waals surface area contributed by atoms with Gasteiger partial charge in [0.2, 0.25) is 0 Å². The molecule has 25 heavy (non-hydrogen) atoms. The average molecular weight is 369 g/mol. The number of hydrogen-bond donors (Lipinski definition) is 3. The van der Waals surface area contributed by atoms with Crippen molar-refractivity contribution >= 4 is 11.6 Å². The van der Waals surface area contributed by atoms with Crippen molar-refractivity contribution in [2.75, 3.05) is 25.7 Å². The summed E-state index contributed by atoms with van der Waals surface area (Å²) in [5.74, 6) is 1.89. The van der Waals surface area contributed by atoms with Gasteiger partial charge in [-0.25, -0.2) is 0 Å². The van der Waals surface area contributed by atoms with Crippen LogP contribution in [-0.4, -0.2) is 41.0 Å². The molecule has 3 N–H and O–H groups in total. The summed E-state index contributed by atoms with van der Waals surface area (Å²) in [4.78, 5) is 0. The zero-order valence-electron chi connectivity index (χ0n) is 14.6. The maximum absolute atomic E-state index is 8.63. The Morgan fingerprint density at radius 3 is 1.64 bits per heavy atom. The molecule has 140 valence electrons. The second kappa shape index (κ2) is 18.6. The molecule has 0 radical (unpaired) electrons. The third-order valence-corrected chi connectivity index (χ3v) is 3.13. The van der Waals surface area contributed by atoms with Gasteiger partial charge in [0.15, 0.2) is 0 Å². The predicted molar refractivity (Wildman–Crippen MR) is 103 cm³/mol. The molecule has 0 unspecified atom stereocenters. The van der Waals surface area contributed by atoms with E-state index >= 15 is 0 Å². The van der Waals surface area contributed by atoms with Gasteiger partial charge in [-0.15, -0.1) is 11.6 Å². The smallest absolute Gasteiger partial charge is 0.119 e. The minimum absolute atomic E-state index is 0.248. The molecule has 2 aromatic rings. The molecule has 0 atom stereocenters. The Labute approximate surface area is 155 Å². The Morgan fingerprint density at radius 1 is 0.720 bits per heavy atom. The van der Waals surface area contributed by atoms with Gasteiger partial charge in [0, 0.05) is 19.1 Å². The van der Waals surface area contributed by atoms with E-state index in [0.29, 0.717) is 18.2 Å². The Balaban J connectivity index is 0.000000378. The van der Waals surface area contributed by atoms with Crippen LogP contribution in [0.2, 0.25) is 0 Å². The van der Waals surface area contributed by atoms with E-state index in [-0.39, 0.29) is 13.2 Å². The fourth-order valence-corrected chi connectivity index (χ4v) is 1.74. The summed E-state index contributed by atoms with van der Waals surface area (Å²) in [6.07, 6.45) is 3.49. The molecule has 0 saturated carbocycles. The first-order valence-corrected chi connectivity index (χ1v) is 8.97. The lowest BCUT2D eigenvalue weighted by Gasteiger charge is -2.03. The van der Waals surface area contributed by atoms with Crippen molar-refractivity contribution in [2.24, 2.45) is 0 Å². The summed E-state index contributed by atoms with van der Waals surface area (Å²) in [6, 6.07) is 18.4. The molecule has 0 aliphatic carbocycles. The molecular weight excluding hydrogens is 340 g/mol. The van der Waals surface area contributed by atoms with Crippen molar-refractivity contribution in [3.8, 4) is 11.5 Å². The number of halogens is 1. The van der Waals surface area contributed by atoms with Gasteiger partial charge in [0.1, 0.15) is 11.5 Å². The number of aliphatic hydroxyl groups excluding tert-OH is 2. The lowest BCUT2D eigenvalue weighted by Crippen LogP contribution is -1.97. The zero-order chi connectivity index (χ0) is 18.6. The fraction of sp³-hybridized carbons (Fsp3) is 0.400. The number of aromatic hydroxyl groups is 1. The van der Waals surface area contributed by atoms with Crippen LogP contribution < -0.4 is 4.74 Å². The lowest BCUT2D eigenvalue weighted by atomic mass is 10.3. The fourth-order valence-electron chi connectivity index (χ4n) is 1.55. The van der Waals surface area contributed by atoms with Crippen LogP contribution >= 0.6 is 11.6 Å². The normalized spacial score (nSPS) is 9.24. The van der Waals surface area contributed by atoms with Crippen molar-refractivity contribution in [2.45, 2.75) is 25.7 Å². The first kappa shape index (κ1) is 23.2.